The summed E-state index contributed by atoms with van der Waals surface area (Å²) >= 11 is 12.8. The van der Waals surface area contributed by atoms with Gasteiger partial charge in [0, 0.05) is 0 Å². The number of alkyl halides is 2. The van der Waals surface area contributed by atoms with Gasteiger partial charge in [0.2, 0.25) is 11.8 Å². The van der Waals surface area contributed by atoms with Crippen LogP contribution in [0.1, 0.15) is 35.3 Å². The Hall–Kier alpha value is -2.90. The van der Waals surface area contributed by atoms with Gasteiger partial charge in [0.05, 0.1) is 39.9 Å². The van der Waals surface area contributed by atoms with Crippen LogP contribution in [0.4, 0.5) is 5.69 Å². The van der Waals surface area contributed by atoms with Crippen LogP contribution >= 0.6 is 23.2 Å². The van der Waals surface area contributed by atoms with E-state index in [9.17, 15) is 19.2 Å². The molecule has 0 spiro atoms. The number of benzene rings is 2. The van der Waals surface area contributed by atoms with Gasteiger partial charge in [-0.1, -0.05) is 30.3 Å². The number of ether oxygens (including phenoxy) is 1. The molecule has 5 rings (SSSR count). The lowest BCUT2D eigenvalue weighted by atomic mass is 9.80. The van der Waals surface area contributed by atoms with E-state index in [4.69, 9.17) is 27.9 Å². The molecule has 0 unspecified atom stereocenters. The van der Waals surface area contributed by atoms with Gasteiger partial charge in [-0.05, 0) is 55.0 Å². The highest BCUT2D eigenvalue weighted by atomic mass is 35.5. The second-order valence-electron chi connectivity index (χ2n) is 9.34. The molecule has 2 aromatic rings. The maximum absolute atomic E-state index is 13.1. The lowest BCUT2D eigenvalue weighted by Crippen LogP contribution is -2.37. The van der Waals surface area contributed by atoms with Crippen molar-refractivity contribution in [1.29, 1.82) is 0 Å². The zero-order valence-electron chi connectivity index (χ0n) is 18.9. The van der Waals surface area contributed by atoms with Gasteiger partial charge >= 0.3 is 5.97 Å². The number of hydrogen-bond acceptors (Lipinski definition) is 5. The number of fused-ring (bicyclic) bond motifs is 5. The third-order valence-electron chi connectivity index (χ3n) is 7.36. The van der Waals surface area contributed by atoms with Gasteiger partial charge in [-0.3, -0.25) is 19.3 Å². The molecule has 1 saturated heterocycles. The first-order valence-corrected chi connectivity index (χ1v) is 12.4. The lowest BCUT2D eigenvalue weighted by Gasteiger charge is -2.28. The van der Waals surface area contributed by atoms with Crippen LogP contribution in [0.15, 0.2) is 54.6 Å². The van der Waals surface area contributed by atoms with Gasteiger partial charge in [-0.2, -0.15) is 0 Å². The summed E-state index contributed by atoms with van der Waals surface area (Å²) in [6.45, 7) is 1.42. The van der Waals surface area contributed by atoms with Gasteiger partial charge in [-0.15, -0.1) is 23.2 Å². The van der Waals surface area contributed by atoms with Crippen molar-refractivity contribution >= 4 is 52.6 Å². The molecule has 2 aliphatic carbocycles. The zero-order chi connectivity index (χ0) is 24.9. The molecule has 3 amide bonds. The number of halogens is 2. The molecule has 3 fully saturated rings. The molecule has 0 radical (unpaired) electrons. The summed E-state index contributed by atoms with van der Waals surface area (Å²) < 4.78 is 5.13. The maximum Gasteiger partial charge on any atom is 0.338 e. The number of rotatable bonds is 6. The minimum absolute atomic E-state index is 0.0966. The van der Waals surface area contributed by atoms with E-state index in [0.29, 0.717) is 12.1 Å². The van der Waals surface area contributed by atoms with Gasteiger partial charge in [0.1, 0.15) is 0 Å². The van der Waals surface area contributed by atoms with Gasteiger partial charge in [-0.25, -0.2) is 4.79 Å². The van der Waals surface area contributed by atoms with E-state index in [0.717, 1.165) is 5.56 Å². The highest BCUT2D eigenvalue weighted by Crippen LogP contribution is 2.59. The van der Waals surface area contributed by atoms with E-state index < -0.39 is 30.3 Å². The monoisotopic (exact) mass is 514 g/mol. The predicted octanol–water partition coefficient (Wildman–Crippen LogP) is 3.69. The molecule has 1 heterocycles. The molecule has 2 aromatic carbocycles. The largest absolute Gasteiger partial charge is 0.452 e. The molecule has 3 aliphatic rings. The molecular formula is C26H24Cl2N2O5. The molecule has 2 bridgehead atoms. The van der Waals surface area contributed by atoms with Crippen molar-refractivity contribution in [3.05, 3.63) is 65.7 Å². The normalized spacial score (nSPS) is 29.7. The fourth-order valence-electron chi connectivity index (χ4n) is 5.67. The number of carbonyl (C=O) groups is 4. The number of hydrogen-bond donors (Lipinski definition) is 1. The average Bonchev–Trinajstić information content (AvgIpc) is 3.48. The summed E-state index contributed by atoms with van der Waals surface area (Å²) in [5.74, 6) is -2.69. The Morgan fingerprint density at radius 2 is 1.54 bits per heavy atom. The minimum Gasteiger partial charge on any atom is -0.452 e. The number of nitrogens with zero attached hydrogens (tertiary/aromatic N) is 1. The van der Waals surface area contributed by atoms with Gasteiger partial charge < -0.3 is 10.1 Å². The van der Waals surface area contributed by atoms with Gasteiger partial charge in [0.15, 0.2) is 6.61 Å². The summed E-state index contributed by atoms with van der Waals surface area (Å²) in [7, 11) is 0. The Balaban J connectivity index is 1.19. The summed E-state index contributed by atoms with van der Waals surface area (Å²) in [6, 6.07) is 15.2. The van der Waals surface area contributed by atoms with Crippen LogP contribution in [0.5, 0.6) is 0 Å². The van der Waals surface area contributed by atoms with Crippen LogP contribution in [0.3, 0.4) is 0 Å². The van der Waals surface area contributed by atoms with Crippen molar-refractivity contribution < 1.29 is 23.9 Å². The van der Waals surface area contributed by atoms with E-state index in [1.165, 1.54) is 29.2 Å². The Morgan fingerprint density at radius 3 is 2.11 bits per heavy atom. The topological polar surface area (TPSA) is 92.8 Å². The van der Waals surface area contributed by atoms with Crippen LogP contribution in [0.25, 0.3) is 0 Å². The van der Waals surface area contributed by atoms with Crippen molar-refractivity contribution in [2.75, 3.05) is 11.5 Å². The first-order valence-electron chi connectivity index (χ1n) is 11.6. The summed E-state index contributed by atoms with van der Waals surface area (Å²) in [5.41, 5.74) is 1.53. The van der Waals surface area contributed by atoms with Crippen LogP contribution in [0.2, 0.25) is 0 Å². The molecular weight excluding hydrogens is 491 g/mol. The van der Waals surface area contributed by atoms with E-state index in [2.05, 4.69) is 5.32 Å². The summed E-state index contributed by atoms with van der Waals surface area (Å²) in [5, 5.41) is 2.15. The van der Waals surface area contributed by atoms with Crippen molar-refractivity contribution in [1.82, 2.24) is 5.32 Å². The molecule has 7 atom stereocenters. The molecule has 1 aliphatic heterocycles. The molecule has 2 saturated carbocycles. The number of imide groups is 1. The van der Waals surface area contributed by atoms with Crippen molar-refractivity contribution in [2.45, 2.75) is 30.1 Å². The summed E-state index contributed by atoms with van der Waals surface area (Å²) in [4.78, 5) is 52.0. The second kappa shape index (κ2) is 9.28. The Morgan fingerprint density at radius 1 is 0.971 bits per heavy atom. The van der Waals surface area contributed by atoms with Crippen molar-refractivity contribution in [3.63, 3.8) is 0 Å². The standard InChI is InChI=1S/C26H24Cl2N2O5/c1-13(14-5-3-2-4-6-14)29-19(31)12-35-26(34)15-7-9-16(10-8-15)30-24(32)20-17-11-18(21(20)25(30)33)23(28)22(17)27/h2-10,13,17-18,20-23H,11-12H2,1H3,(H,29,31)/t13-,17+,18+,20-,21+,22-,23+/m0/s1. The predicted molar refractivity (Wildman–Crippen MR) is 130 cm³/mol. The highest BCUT2D eigenvalue weighted by molar-refractivity contribution is 6.32. The Bertz CT molecular complexity index is 1140. The van der Waals surface area contributed by atoms with Crippen LogP contribution in [-0.4, -0.2) is 41.1 Å². The van der Waals surface area contributed by atoms with Gasteiger partial charge in [0.25, 0.3) is 5.91 Å². The maximum atomic E-state index is 13.1. The quantitative estimate of drug-likeness (QED) is 0.360. The van der Waals surface area contributed by atoms with Crippen molar-refractivity contribution in [3.8, 4) is 0 Å². The molecule has 9 heteroatoms. The molecule has 7 nitrogen and oxygen atoms in total. The van der Waals surface area contributed by atoms with E-state index in [1.807, 2.05) is 37.3 Å². The second-order valence-corrected chi connectivity index (χ2v) is 10.3. The fourth-order valence-corrected chi connectivity index (χ4v) is 6.57. The Kier molecular flexibility index (Phi) is 6.32. The first kappa shape index (κ1) is 23.8. The van der Waals surface area contributed by atoms with Crippen LogP contribution < -0.4 is 10.2 Å². The van der Waals surface area contributed by atoms with E-state index in [1.54, 1.807) is 0 Å². The third kappa shape index (κ3) is 4.10. The van der Waals surface area contributed by atoms with Crippen LogP contribution in [-0.2, 0) is 19.1 Å². The van der Waals surface area contributed by atoms with Crippen molar-refractivity contribution in [2.24, 2.45) is 23.7 Å². The molecule has 0 aromatic heterocycles. The average molecular weight is 515 g/mol. The highest BCUT2D eigenvalue weighted by Gasteiger charge is 2.66. The number of amides is 3. The molecule has 35 heavy (non-hydrogen) atoms. The van der Waals surface area contributed by atoms with E-state index in [-0.39, 0.29) is 46.0 Å². The summed E-state index contributed by atoms with van der Waals surface area (Å²) in [6.07, 6.45) is 0.700. The first-order chi connectivity index (χ1) is 16.8. The molecule has 1 N–H and O–H groups in total. The SMILES string of the molecule is C[C@H](NC(=O)COC(=O)c1ccc(N2C(=O)[C@@H]3[C@H]4C[C@@H]([C@H](Cl)[C@@H]4Cl)[C@@H]3C2=O)cc1)c1ccccc1. The minimum atomic E-state index is -0.678. The number of anilines is 1. The molecule has 182 valence electrons. The Labute approximate surface area is 212 Å². The lowest BCUT2D eigenvalue weighted by molar-refractivity contribution is -0.125. The zero-order valence-corrected chi connectivity index (χ0v) is 20.4. The number of esters is 1. The number of carbonyl (C=O) groups excluding carboxylic acids is 4. The number of nitrogens with one attached hydrogen (secondary N) is 1. The smallest absolute Gasteiger partial charge is 0.338 e. The van der Waals surface area contributed by atoms with Crippen LogP contribution in [0, 0.1) is 23.7 Å². The van der Waals surface area contributed by atoms with E-state index >= 15 is 0 Å². The third-order valence-corrected chi connectivity index (χ3v) is 8.68. The fraction of sp³-hybridized carbons (Fsp3) is 0.385.